The van der Waals surface area contributed by atoms with E-state index in [9.17, 15) is 9.90 Å². The van der Waals surface area contributed by atoms with E-state index in [1.807, 2.05) is 30.3 Å². The molecule has 4 heteroatoms. The lowest BCUT2D eigenvalue weighted by atomic mass is 10.1. The molecule has 0 atom stereocenters. The highest BCUT2D eigenvalue weighted by Crippen LogP contribution is 2.30. The highest BCUT2D eigenvalue weighted by molar-refractivity contribution is 9.10. The molecule has 0 aliphatic rings. The Morgan fingerprint density at radius 2 is 1.67 bits per heavy atom. The zero-order chi connectivity index (χ0) is 14.8. The third kappa shape index (κ3) is 2.76. The largest absolute Gasteiger partial charge is 0.507 e. The van der Waals surface area contributed by atoms with Crippen molar-refractivity contribution in [2.75, 3.05) is 5.32 Å². The van der Waals surface area contributed by atoms with Crippen LogP contribution in [0.2, 0.25) is 0 Å². The first-order valence-electron chi connectivity index (χ1n) is 6.43. The minimum Gasteiger partial charge on any atom is -0.507 e. The maximum atomic E-state index is 12.3. The van der Waals surface area contributed by atoms with Crippen molar-refractivity contribution in [2.45, 2.75) is 0 Å². The summed E-state index contributed by atoms with van der Waals surface area (Å²) in [7, 11) is 0. The third-order valence-electron chi connectivity index (χ3n) is 3.23. The first kappa shape index (κ1) is 13.6. The molecule has 0 spiro atoms. The summed E-state index contributed by atoms with van der Waals surface area (Å²) in [6.45, 7) is 0. The van der Waals surface area contributed by atoms with Crippen molar-refractivity contribution in [3.05, 3.63) is 70.7 Å². The van der Waals surface area contributed by atoms with Gasteiger partial charge in [-0.1, -0.05) is 46.3 Å². The third-order valence-corrected chi connectivity index (χ3v) is 3.73. The van der Waals surface area contributed by atoms with Gasteiger partial charge in [-0.15, -0.1) is 0 Å². The minimum absolute atomic E-state index is 0.188. The van der Waals surface area contributed by atoms with Gasteiger partial charge >= 0.3 is 0 Å². The van der Waals surface area contributed by atoms with E-state index in [0.717, 1.165) is 9.86 Å². The molecule has 104 valence electrons. The van der Waals surface area contributed by atoms with Crippen molar-refractivity contribution in [3.63, 3.8) is 0 Å². The molecule has 0 fully saturated rings. The van der Waals surface area contributed by atoms with Crippen LogP contribution in [0.5, 0.6) is 5.75 Å². The van der Waals surface area contributed by atoms with E-state index in [0.29, 0.717) is 16.6 Å². The molecule has 0 aromatic heterocycles. The van der Waals surface area contributed by atoms with E-state index in [2.05, 4.69) is 21.2 Å². The smallest absolute Gasteiger partial charge is 0.255 e. The lowest BCUT2D eigenvalue weighted by molar-refractivity contribution is 0.102. The monoisotopic (exact) mass is 341 g/mol. The van der Waals surface area contributed by atoms with Crippen LogP contribution in [-0.2, 0) is 0 Å². The molecule has 0 saturated carbocycles. The van der Waals surface area contributed by atoms with Crippen molar-refractivity contribution in [1.29, 1.82) is 0 Å². The van der Waals surface area contributed by atoms with E-state index in [1.165, 1.54) is 0 Å². The summed E-state index contributed by atoms with van der Waals surface area (Å²) < 4.78 is 0.853. The summed E-state index contributed by atoms with van der Waals surface area (Å²) in [4.78, 5) is 12.3. The number of aromatic hydroxyl groups is 1. The van der Waals surface area contributed by atoms with Crippen LogP contribution in [0.4, 0.5) is 5.69 Å². The van der Waals surface area contributed by atoms with Crippen LogP contribution in [0.25, 0.3) is 10.8 Å². The number of anilines is 1. The van der Waals surface area contributed by atoms with Gasteiger partial charge in [-0.2, -0.15) is 0 Å². The lowest BCUT2D eigenvalue weighted by Crippen LogP contribution is -2.12. The van der Waals surface area contributed by atoms with Crippen LogP contribution in [0.1, 0.15) is 10.4 Å². The lowest BCUT2D eigenvalue weighted by Gasteiger charge is -2.10. The molecule has 1 amide bonds. The normalized spacial score (nSPS) is 10.5. The molecule has 3 rings (SSSR count). The van der Waals surface area contributed by atoms with Crippen LogP contribution < -0.4 is 5.32 Å². The topological polar surface area (TPSA) is 49.3 Å². The number of carbonyl (C=O) groups is 1. The highest BCUT2D eigenvalue weighted by atomic mass is 79.9. The number of benzene rings is 3. The molecule has 0 aliphatic heterocycles. The molecule has 0 heterocycles. The number of hydrogen-bond donors (Lipinski definition) is 2. The molecule has 0 saturated heterocycles. The molecular weight excluding hydrogens is 330 g/mol. The summed E-state index contributed by atoms with van der Waals surface area (Å²) in [5, 5.41) is 14.3. The van der Waals surface area contributed by atoms with Crippen LogP contribution in [0.3, 0.4) is 0 Å². The molecule has 0 bridgehead atoms. The molecule has 0 radical (unpaired) electrons. The average Bonchev–Trinajstić information content (AvgIpc) is 2.48. The van der Waals surface area contributed by atoms with E-state index in [-0.39, 0.29) is 11.7 Å². The van der Waals surface area contributed by atoms with Gasteiger partial charge in [0.25, 0.3) is 5.91 Å². The molecule has 3 nitrogen and oxygen atoms in total. The Bertz CT molecular complexity index is 830. The van der Waals surface area contributed by atoms with E-state index < -0.39 is 0 Å². The summed E-state index contributed by atoms with van der Waals surface area (Å²) in [6, 6.07) is 17.9. The summed E-state index contributed by atoms with van der Waals surface area (Å²) in [5.41, 5.74) is 1.25. The second-order valence-corrected chi connectivity index (χ2v) is 5.56. The number of rotatable bonds is 2. The molecule has 21 heavy (non-hydrogen) atoms. The van der Waals surface area contributed by atoms with Crippen molar-refractivity contribution >= 4 is 38.3 Å². The van der Waals surface area contributed by atoms with Crippen molar-refractivity contribution in [3.8, 4) is 5.75 Å². The van der Waals surface area contributed by atoms with Crippen LogP contribution in [0, 0.1) is 0 Å². The standard InChI is InChI=1S/C17H12BrNO2/c18-12-5-1-4-11(10-12)17(21)19-15-8-2-7-14-13(15)6-3-9-16(14)20/h1-10,20H,(H,19,21). The summed E-state index contributed by atoms with van der Waals surface area (Å²) >= 11 is 3.35. The van der Waals surface area contributed by atoms with E-state index in [1.54, 1.807) is 30.3 Å². The second kappa shape index (κ2) is 5.58. The van der Waals surface area contributed by atoms with Gasteiger partial charge in [0.1, 0.15) is 5.75 Å². The molecule has 3 aromatic carbocycles. The molecule has 3 aromatic rings. The molecule has 0 unspecified atom stereocenters. The zero-order valence-corrected chi connectivity index (χ0v) is 12.6. The molecular formula is C17H12BrNO2. The number of hydrogen-bond acceptors (Lipinski definition) is 2. The number of carbonyl (C=O) groups excluding carboxylic acids is 1. The highest BCUT2D eigenvalue weighted by Gasteiger charge is 2.09. The number of phenols is 1. The van der Waals surface area contributed by atoms with Crippen LogP contribution in [0.15, 0.2) is 65.1 Å². The van der Waals surface area contributed by atoms with Gasteiger partial charge in [0.2, 0.25) is 0 Å². The second-order valence-electron chi connectivity index (χ2n) is 4.64. The van der Waals surface area contributed by atoms with Crippen LogP contribution >= 0.6 is 15.9 Å². The van der Waals surface area contributed by atoms with Crippen molar-refractivity contribution < 1.29 is 9.90 Å². The zero-order valence-electron chi connectivity index (χ0n) is 11.0. The fourth-order valence-corrected chi connectivity index (χ4v) is 2.63. The number of amides is 1. The number of fused-ring (bicyclic) bond motifs is 1. The van der Waals surface area contributed by atoms with Gasteiger partial charge in [-0.25, -0.2) is 0 Å². The van der Waals surface area contributed by atoms with Gasteiger partial charge in [0.05, 0.1) is 0 Å². The van der Waals surface area contributed by atoms with E-state index >= 15 is 0 Å². The number of phenolic OH excluding ortho intramolecular Hbond substituents is 1. The first-order valence-corrected chi connectivity index (χ1v) is 7.22. The fraction of sp³-hybridized carbons (Fsp3) is 0. The maximum absolute atomic E-state index is 12.3. The predicted octanol–water partition coefficient (Wildman–Crippen LogP) is 4.56. The summed E-state index contributed by atoms with van der Waals surface area (Å²) in [5.74, 6) is 0.0122. The van der Waals surface area contributed by atoms with Gasteiger partial charge in [0.15, 0.2) is 0 Å². The van der Waals surface area contributed by atoms with Gasteiger partial charge in [0, 0.05) is 26.5 Å². The molecule has 2 N–H and O–H groups in total. The Morgan fingerprint density at radius 3 is 2.48 bits per heavy atom. The van der Waals surface area contributed by atoms with Crippen molar-refractivity contribution in [1.82, 2.24) is 0 Å². The minimum atomic E-state index is -0.188. The Hall–Kier alpha value is -2.33. The Labute approximate surface area is 130 Å². The Kier molecular flexibility index (Phi) is 3.62. The molecule has 0 aliphatic carbocycles. The van der Waals surface area contributed by atoms with Gasteiger partial charge < -0.3 is 10.4 Å². The summed E-state index contributed by atoms with van der Waals surface area (Å²) in [6.07, 6.45) is 0. The fourth-order valence-electron chi connectivity index (χ4n) is 2.23. The van der Waals surface area contributed by atoms with E-state index in [4.69, 9.17) is 0 Å². The quantitative estimate of drug-likeness (QED) is 0.717. The number of nitrogens with one attached hydrogen (secondary N) is 1. The van der Waals surface area contributed by atoms with Gasteiger partial charge in [-0.3, -0.25) is 4.79 Å². The first-order chi connectivity index (χ1) is 10.1. The SMILES string of the molecule is O=C(Nc1cccc2c(O)cccc12)c1cccc(Br)c1. The van der Waals surface area contributed by atoms with Crippen LogP contribution in [-0.4, -0.2) is 11.0 Å². The maximum Gasteiger partial charge on any atom is 0.255 e. The Morgan fingerprint density at radius 1 is 0.952 bits per heavy atom. The van der Waals surface area contributed by atoms with Crippen molar-refractivity contribution in [2.24, 2.45) is 0 Å². The average molecular weight is 342 g/mol. The van der Waals surface area contributed by atoms with Gasteiger partial charge in [-0.05, 0) is 30.3 Å². The Balaban J connectivity index is 1.99. The number of halogens is 1. The predicted molar refractivity (Wildman–Crippen MR) is 87.7 cm³/mol.